The van der Waals surface area contributed by atoms with Crippen molar-refractivity contribution in [2.75, 3.05) is 23.4 Å². The lowest BCUT2D eigenvalue weighted by atomic mass is 10.3. The quantitative estimate of drug-likeness (QED) is 0.831. The Kier molecular flexibility index (Phi) is 5.07. The molecule has 1 aromatic carbocycles. The van der Waals surface area contributed by atoms with Crippen molar-refractivity contribution in [3.05, 3.63) is 35.4 Å². The normalized spacial score (nSPS) is 10.6. The zero-order valence-electron chi connectivity index (χ0n) is 13.0. The summed E-state index contributed by atoms with van der Waals surface area (Å²) >= 11 is 1.34. The predicted octanol–water partition coefficient (Wildman–Crippen LogP) is 2.95. The Morgan fingerprint density at radius 3 is 2.68 bits per heavy atom. The number of carbonyl (C=O) groups excluding carboxylic acids is 1. The number of nitrogens with zero attached hydrogens (tertiary/aromatic N) is 2. The van der Waals surface area contributed by atoms with E-state index in [1.165, 1.54) is 17.8 Å². The van der Waals surface area contributed by atoms with Gasteiger partial charge in [-0.3, -0.25) is 9.48 Å². The van der Waals surface area contributed by atoms with Crippen LogP contribution in [0.5, 0.6) is 0 Å². The van der Waals surface area contributed by atoms with Crippen molar-refractivity contribution in [3.8, 4) is 0 Å². The number of aromatic nitrogens is 2. The minimum atomic E-state index is -0.295. The van der Waals surface area contributed by atoms with Crippen molar-refractivity contribution in [1.29, 1.82) is 0 Å². The topological polar surface area (TPSA) is 59.0 Å². The molecule has 1 aromatic heterocycles. The van der Waals surface area contributed by atoms with Crippen molar-refractivity contribution in [2.24, 2.45) is 7.05 Å². The van der Waals surface area contributed by atoms with Crippen LogP contribution < -0.4 is 10.6 Å². The number of amides is 1. The summed E-state index contributed by atoms with van der Waals surface area (Å²) in [5.41, 5.74) is 2.95. The SMILES string of the molecule is CSc1ccc(NCC(=O)Nc2c(C)nn(C)c2C)cc1F. The molecule has 0 saturated heterocycles. The van der Waals surface area contributed by atoms with Gasteiger partial charge in [-0.2, -0.15) is 5.10 Å². The van der Waals surface area contributed by atoms with Gasteiger partial charge in [-0.25, -0.2) is 4.39 Å². The van der Waals surface area contributed by atoms with Gasteiger partial charge in [0.1, 0.15) is 5.82 Å². The molecule has 2 rings (SSSR count). The van der Waals surface area contributed by atoms with Crippen molar-refractivity contribution < 1.29 is 9.18 Å². The zero-order valence-corrected chi connectivity index (χ0v) is 13.8. The molecule has 2 N–H and O–H groups in total. The van der Waals surface area contributed by atoms with Gasteiger partial charge >= 0.3 is 0 Å². The Morgan fingerprint density at radius 2 is 2.14 bits per heavy atom. The number of aryl methyl sites for hydroxylation is 2. The van der Waals surface area contributed by atoms with Gasteiger partial charge in [0.2, 0.25) is 5.91 Å². The Morgan fingerprint density at radius 1 is 1.41 bits per heavy atom. The second kappa shape index (κ2) is 6.83. The van der Waals surface area contributed by atoms with Crippen LogP contribution in [0.3, 0.4) is 0 Å². The fraction of sp³-hybridized carbons (Fsp3) is 0.333. The van der Waals surface area contributed by atoms with Crippen molar-refractivity contribution in [1.82, 2.24) is 9.78 Å². The molecule has 0 aliphatic heterocycles. The fourth-order valence-electron chi connectivity index (χ4n) is 2.10. The van der Waals surface area contributed by atoms with Gasteiger partial charge in [0.15, 0.2) is 0 Å². The van der Waals surface area contributed by atoms with Crippen LogP contribution in [0.15, 0.2) is 23.1 Å². The summed E-state index contributed by atoms with van der Waals surface area (Å²) < 4.78 is 15.4. The minimum absolute atomic E-state index is 0.0613. The summed E-state index contributed by atoms with van der Waals surface area (Å²) in [5, 5.41) is 9.98. The molecular weight excluding hydrogens is 303 g/mol. The van der Waals surface area contributed by atoms with E-state index >= 15 is 0 Å². The maximum Gasteiger partial charge on any atom is 0.243 e. The lowest BCUT2D eigenvalue weighted by Crippen LogP contribution is -2.22. The van der Waals surface area contributed by atoms with E-state index in [9.17, 15) is 9.18 Å². The van der Waals surface area contributed by atoms with Crippen molar-refractivity contribution >= 4 is 29.0 Å². The van der Waals surface area contributed by atoms with E-state index < -0.39 is 0 Å². The lowest BCUT2D eigenvalue weighted by Gasteiger charge is -2.09. The molecule has 5 nitrogen and oxygen atoms in total. The molecule has 0 radical (unpaired) electrons. The number of hydrogen-bond donors (Lipinski definition) is 2. The van der Waals surface area contributed by atoms with Crippen molar-refractivity contribution in [2.45, 2.75) is 18.7 Å². The number of rotatable bonds is 5. The largest absolute Gasteiger partial charge is 0.376 e. The Balaban J connectivity index is 1.97. The third-order valence-corrected chi connectivity index (χ3v) is 4.15. The summed E-state index contributed by atoms with van der Waals surface area (Å²) in [4.78, 5) is 12.6. The first kappa shape index (κ1) is 16.4. The highest BCUT2D eigenvalue weighted by Gasteiger charge is 2.12. The van der Waals surface area contributed by atoms with Gasteiger partial charge in [0.25, 0.3) is 0 Å². The van der Waals surface area contributed by atoms with Crippen LogP contribution in [0, 0.1) is 19.7 Å². The highest BCUT2D eigenvalue weighted by atomic mass is 32.2. The molecule has 0 fully saturated rings. The van der Waals surface area contributed by atoms with E-state index in [0.29, 0.717) is 10.6 Å². The van der Waals surface area contributed by atoms with Gasteiger partial charge in [0.05, 0.1) is 23.6 Å². The maximum atomic E-state index is 13.7. The predicted molar refractivity (Wildman–Crippen MR) is 88.0 cm³/mol. The molecule has 0 aliphatic rings. The highest BCUT2D eigenvalue weighted by Crippen LogP contribution is 2.22. The molecule has 0 unspecified atom stereocenters. The van der Waals surface area contributed by atoms with Gasteiger partial charge in [-0.05, 0) is 38.3 Å². The summed E-state index contributed by atoms with van der Waals surface area (Å²) in [6, 6.07) is 4.83. The van der Waals surface area contributed by atoms with Gasteiger partial charge in [0, 0.05) is 17.6 Å². The molecule has 7 heteroatoms. The monoisotopic (exact) mass is 322 g/mol. The third-order valence-electron chi connectivity index (χ3n) is 3.38. The molecule has 118 valence electrons. The van der Waals surface area contributed by atoms with Crippen LogP contribution in [0.1, 0.15) is 11.4 Å². The molecular formula is C15H19FN4OS. The number of carbonyl (C=O) groups is 1. The first-order valence-corrected chi connectivity index (χ1v) is 8.02. The number of nitrogens with one attached hydrogen (secondary N) is 2. The fourth-order valence-corrected chi connectivity index (χ4v) is 2.55. The molecule has 1 amide bonds. The lowest BCUT2D eigenvalue weighted by molar-refractivity contribution is -0.114. The van der Waals surface area contributed by atoms with Crippen LogP contribution >= 0.6 is 11.8 Å². The van der Waals surface area contributed by atoms with Crippen LogP contribution in [-0.4, -0.2) is 28.5 Å². The number of hydrogen-bond acceptors (Lipinski definition) is 4. The standard InChI is InChI=1S/C15H19FN4OS/c1-9-15(10(2)20(3)19-9)18-14(21)8-17-11-5-6-13(22-4)12(16)7-11/h5-7,17H,8H2,1-4H3,(H,18,21). The molecule has 1 heterocycles. The first-order chi connectivity index (χ1) is 10.4. The maximum absolute atomic E-state index is 13.7. The van der Waals surface area contributed by atoms with Crippen LogP contribution in [0.25, 0.3) is 0 Å². The van der Waals surface area contributed by atoms with Gasteiger partial charge in [-0.15, -0.1) is 11.8 Å². The van der Waals surface area contributed by atoms with Crippen LogP contribution in [-0.2, 0) is 11.8 Å². The number of thioether (sulfide) groups is 1. The number of halogens is 1. The van der Waals surface area contributed by atoms with E-state index in [4.69, 9.17) is 0 Å². The summed E-state index contributed by atoms with van der Waals surface area (Å²) in [6.45, 7) is 3.79. The second-order valence-corrected chi connectivity index (χ2v) is 5.77. The molecule has 0 aliphatic carbocycles. The summed E-state index contributed by atoms with van der Waals surface area (Å²) in [5.74, 6) is -0.495. The van der Waals surface area contributed by atoms with E-state index in [1.807, 2.05) is 27.2 Å². The zero-order chi connectivity index (χ0) is 16.3. The molecule has 2 aromatic rings. The smallest absolute Gasteiger partial charge is 0.243 e. The summed E-state index contributed by atoms with van der Waals surface area (Å²) in [7, 11) is 1.83. The van der Waals surface area contributed by atoms with Crippen LogP contribution in [0.2, 0.25) is 0 Å². The Labute approximate surface area is 133 Å². The molecule has 0 bridgehead atoms. The third kappa shape index (κ3) is 3.59. The highest BCUT2D eigenvalue weighted by molar-refractivity contribution is 7.98. The van der Waals surface area contributed by atoms with E-state index in [1.54, 1.807) is 16.8 Å². The second-order valence-electron chi connectivity index (χ2n) is 4.92. The molecule has 0 saturated carbocycles. The Hall–Kier alpha value is -2.02. The van der Waals surface area contributed by atoms with E-state index in [0.717, 1.165) is 17.1 Å². The summed E-state index contributed by atoms with van der Waals surface area (Å²) in [6.07, 6.45) is 1.82. The molecule has 22 heavy (non-hydrogen) atoms. The minimum Gasteiger partial charge on any atom is -0.376 e. The van der Waals surface area contributed by atoms with Crippen LogP contribution in [0.4, 0.5) is 15.8 Å². The first-order valence-electron chi connectivity index (χ1n) is 6.80. The molecule has 0 spiro atoms. The number of anilines is 2. The Bertz CT molecular complexity index is 699. The number of benzene rings is 1. The average molecular weight is 322 g/mol. The van der Waals surface area contributed by atoms with Crippen molar-refractivity contribution in [3.63, 3.8) is 0 Å². The molecule has 0 atom stereocenters. The van der Waals surface area contributed by atoms with E-state index in [2.05, 4.69) is 15.7 Å². The average Bonchev–Trinajstić information content (AvgIpc) is 2.72. The van der Waals surface area contributed by atoms with Gasteiger partial charge < -0.3 is 10.6 Å². The van der Waals surface area contributed by atoms with E-state index in [-0.39, 0.29) is 18.3 Å². The van der Waals surface area contributed by atoms with Gasteiger partial charge in [-0.1, -0.05) is 0 Å².